The molecule has 1 aliphatic heterocycles. The summed E-state index contributed by atoms with van der Waals surface area (Å²) in [5, 5.41) is 6.79. The average molecular weight is 350 g/mol. The highest BCUT2D eigenvalue weighted by atomic mass is 32.1. The van der Waals surface area contributed by atoms with E-state index >= 15 is 0 Å². The third-order valence-corrected chi connectivity index (χ3v) is 6.02. The highest BCUT2D eigenvalue weighted by Gasteiger charge is 2.28. The third-order valence-electron chi connectivity index (χ3n) is 4.70. The number of fused-ring (bicyclic) bond motifs is 1. The van der Waals surface area contributed by atoms with Gasteiger partial charge in [-0.1, -0.05) is 0 Å². The molecule has 24 heavy (non-hydrogen) atoms. The molecule has 2 heterocycles. The molecule has 3 amide bonds. The van der Waals surface area contributed by atoms with E-state index in [-0.39, 0.29) is 11.9 Å². The number of carbonyl (C=O) groups excluding carboxylic acids is 2. The van der Waals surface area contributed by atoms with Crippen LogP contribution < -0.4 is 10.6 Å². The molecule has 1 aromatic heterocycles. The molecule has 3 rings (SSSR count). The standard InChI is InChI=1S/C17H26N4O2S/c1-12(22)18-8-9-19-17(23)21-10-4-5-13(11-21)16-20-14-6-2-3-7-15(14)24-16/h13H,2-11H2,1H3,(H,18,22)(H,19,23)/t13-/m0/s1. The zero-order chi connectivity index (χ0) is 16.9. The molecule has 1 saturated heterocycles. The highest BCUT2D eigenvalue weighted by Crippen LogP contribution is 2.34. The fraction of sp³-hybridized carbons (Fsp3) is 0.706. The van der Waals surface area contributed by atoms with Gasteiger partial charge in [0.25, 0.3) is 0 Å². The smallest absolute Gasteiger partial charge is 0.317 e. The predicted octanol–water partition coefficient (Wildman–Crippen LogP) is 2.05. The van der Waals surface area contributed by atoms with Crippen molar-refractivity contribution < 1.29 is 9.59 Å². The first kappa shape index (κ1) is 17.2. The number of rotatable bonds is 4. The maximum atomic E-state index is 12.3. The lowest BCUT2D eigenvalue weighted by molar-refractivity contribution is -0.118. The fourth-order valence-electron chi connectivity index (χ4n) is 3.43. The van der Waals surface area contributed by atoms with Crippen LogP contribution in [0.5, 0.6) is 0 Å². The van der Waals surface area contributed by atoms with Gasteiger partial charge in [0, 0.05) is 43.9 Å². The largest absolute Gasteiger partial charge is 0.355 e. The Morgan fingerprint density at radius 1 is 1.21 bits per heavy atom. The molecule has 0 radical (unpaired) electrons. The molecule has 2 aliphatic rings. The summed E-state index contributed by atoms with van der Waals surface area (Å²) in [5.41, 5.74) is 1.30. The third kappa shape index (κ3) is 4.26. The van der Waals surface area contributed by atoms with Gasteiger partial charge >= 0.3 is 6.03 Å². The first-order valence-corrected chi connectivity index (χ1v) is 9.71. The van der Waals surface area contributed by atoms with Gasteiger partial charge in [0.15, 0.2) is 0 Å². The Labute approximate surface area is 147 Å². The fourth-order valence-corrected chi connectivity index (χ4v) is 4.71. The number of urea groups is 1. The van der Waals surface area contributed by atoms with E-state index in [1.165, 1.54) is 41.8 Å². The van der Waals surface area contributed by atoms with Gasteiger partial charge in [-0.2, -0.15) is 0 Å². The Kier molecular flexibility index (Phi) is 5.71. The second-order valence-corrected chi connectivity index (χ2v) is 7.74. The van der Waals surface area contributed by atoms with E-state index in [1.54, 1.807) is 0 Å². The summed E-state index contributed by atoms with van der Waals surface area (Å²) in [6, 6.07) is -0.0358. The average Bonchev–Trinajstić information content (AvgIpc) is 3.02. The molecule has 0 aromatic carbocycles. The SMILES string of the molecule is CC(=O)NCCNC(=O)N1CCC[C@H](c2nc3c(s2)CCCC3)C1. The van der Waals surface area contributed by atoms with Gasteiger partial charge in [0.05, 0.1) is 10.7 Å². The number of amides is 3. The molecular weight excluding hydrogens is 324 g/mol. The number of likely N-dealkylation sites (tertiary alicyclic amines) is 1. The van der Waals surface area contributed by atoms with Gasteiger partial charge in [-0.25, -0.2) is 9.78 Å². The predicted molar refractivity (Wildman–Crippen MR) is 94.4 cm³/mol. The van der Waals surface area contributed by atoms with Crippen LogP contribution in [0.25, 0.3) is 0 Å². The van der Waals surface area contributed by atoms with Crippen LogP contribution >= 0.6 is 11.3 Å². The van der Waals surface area contributed by atoms with Gasteiger partial charge in [0.1, 0.15) is 0 Å². The molecule has 132 valence electrons. The number of thiazole rings is 1. The summed E-state index contributed by atoms with van der Waals surface area (Å²) in [5.74, 6) is 0.297. The van der Waals surface area contributed by atoms with Crippen LogP contribution in [0, 0.1) is 0 Å². The van der Waals surface area contributed by atoms with E-state index in [0.29, 0.717) is 19.0 Å². The van der Waals surface area contributed by atoms with Crippen molar-refractivity contribution in [3.8, 4) is 0 Å². The van der Waals surface area contributed by atoms with Crippen molar-refractivity contribution >= 4 is 23.3 Å². The molecule has 7 heteroatoms. The minimum absolute atomic E-state index is 0.0358. The van der Waals surface area contributed by atoms with Gasteiger partial charge in [-0.05, 0) is 38.5 Å². The number of hydrogen-bond acceptors (Lipinski definition) is 4. The number of carbonyl (C=O) groups is 2. The lowest BCUT2D eigenvalue weighted by Crippen LogP contribution is -2.46. The second-order valence-electron chi connectivity index (χ2n) is 6.63. The molecule has 6 nitrogen and oxygen atoms in total. The molecule has 1 atom stereocenters. The number of nitrogens with zero attached hydrogens (tertiary/aromatic N) is 2. The Balaban J connectivity index is 1.53. The van der Waals surface area contributed by atoms with Crippen molar-refractivity contribution in [2.75, 3.05) is 26.2 Å². The highest BCUT2D eigenvalue weighted by molar-refractivity contribution is 7.11. The molecule has 0 bridgehead atoms. The Bertz CT molecular complexity index is 578. The minimum Gasteiger partial charge on any atom is -0.355 e. The second kappa shape index (κ2) is 7.96. The van der Waals surface area contributed by atoms with E-state index in [0.717, 1.165) is 32.4 Å². The summed E-state index contributed by atoms with van der Waals surface area (Å²) >= 11 is 1.86. The van der Waals surface area contributed by atoms with Crippen molar-refractivity contribution in [1.82, 2.24) is 20.5 Å². The molecule has 1 aliphatic carbocycles. The van der Waals surface area contributed by atoms with Crippen molar-refractivity contribution in [3.05, 3.63) is 15.6 Å². The number of aryl methyl sites for hydroxylation is 2. The first-order chi connectivity index (χ1) is 11.6. The number of piperidine rings is 1. The monoisotopic (exact) mass is 350 g/mol. The molecule has 0 unspecified atom stereocenters. The number of aromatic nitrogens is 1. The number of nitrogens with one attached hydrogen (secondary N) is 2. The molecule has 0 spiro atoms. The normalized spacial score (nSPS) is 20.4. The zero-order valence-electron chi connectivity index (χ0n) is 14.3. The van der Waals surface area contributed by atoms with Crippen LogP contribution in [0.15, 0.2) is 0 Å². The summed E-state index contributed by atoms with van der Waals surface area (Å²) in [6.07, 6.45) is 6.96. The van der Waals surface area contributed by atoms with Crippen LogP contribution in [0.2, 0.25) is 0 Å². The van der Waals surface area contributed by atoms with Gasteiger partial charge in [-0.3, -0.25) is 4.79 Å². The molecular formula is C17H26N4O2S. The lowest BCUT2D eigenvalue weighted by atomic mass is 9.98. The lowest BCUT2D eigenvalue weighted by Gasteiger charge is -2.31. The maximum Gasteiger partial charge on any atom is 0.317 e. The first-order valence-electron chi connectivity index (χ1n) is 8.89. The van der Waals surface area contributed by atoms with Crippen LogP contribution in [0.3, 0.4) is 0 Å². The van der Waals surface area contributed by atoms with Crippen LogP contribution in [-0.4, -0.2) is 48.0 Å². The van der Waals surface area contributed by atoms with E-state index < -0.39 is 0 Å². The minimum atomic E-state index is -0.0741. The van der Waals surface area contributed by atoms with Gasteiger partial charge < -0.3 is 15.5 Å². The Hall–Kier alpha value is -1.63. The zero-order valence-corrected chi connectivity index (χ0v) is 15.1. The summed E-state index contributed by atoms with van der Waals surface area (Å²) in [7, 11) is 0. The van der Waals surface area contributed by atoms with E-state index in [2.05, 4.69) is 10.6 Å². The van der Waals surface area contributed by atoms with Crippen molar-refractivity contribution in [2.45, 2.75) is 51.4 Å². The molecule has 2 N–H and O–H groups in total. The number of hydrogen-bond donors (Lipinski definition) is 2. The Morgan fingerprint density at radius 2 is 2.00 bits per heavy atom. The summed E-state index contributed by atoms with van der Waals surface area (Å²) in [6.45, 7) is 3.96. The van der Waals surface area contributed by atoms with Gasteiger partial charge in [-0.15, -0.1) is 11.3 Å². The summed E-state index contributed by atoms with van der Waals surface area (Å²) in [4.78, 5) is 31.4. The van der Waals surface area contributed by atoms with Gasteiger partial charge in [0.2, 0.25) is 5.91 Å². The van der Waals surface area contributed by atoms with Crippen molar-refractivity contribution in [3.63, 3.8) is 0 Å². The van der Waals surface area contributed by atoms with E-state index in [1.807, 2.05) is 16.2 Å². The van der Waals surface area contributed by atoms with E-state index in [9.17, 15) is 9.59 Å². The van der Waals surface area contributed by atoms with Crippen LogP contribution in [0.1, 0.15) is 54.1 Å². The van der Waals surface area contributed by atoms with E-state index in [4.69, 9.17) is 4.98 Å². The molecule has 1 aromatic rings. The Morgan fingerprint density at radius 3 is 2.79 bits per heavy atom. The topological polar surface area (TPSA) is 74.3 Å². The van der Waals surface area contributed by atoms with Crippen LogP contribution in [0.4, 0.5) is 4.79 Å². The summed E-state index contributed by atoms with van der Waals surface area (Å²) < 4.78 is 0. The van der Waals surface area contributed by atoms with Crippen LogP contribution in [-0.2, 0) is 17.6 Å². The van der Waals surface area contributed by atoms with Crippen molar-refractivity contribution in [1.29, 1.82) is 0 Å². The molecule has 1 fully saturated rings. The van der Waals surface area contributed by atoms with Crippen molar-refractivity contribution in [2.24, 2.45) is 0 Å². The maximum absolute atomic E-state index is 12.3. The molecule has 0 saturated carbocycles. The quantitative estimate of drug-likeness (QED) is 0.816.